The number of thiazole rings is 1. The van der Waals surface area contributed by atoms with Crippen LogP contribution in [0.25, 0.3) is 9.88 Å². The van der Waals surface area contributed by atoms with Crippen LogP contribution in [0.2, 0.25) is 0 Å². The van der Waals surface area contributed by atoms with Crippen LogP contribution in [0.4, 0.5) is 0 Å². The summed E-state index contributed by atoms with van der Waals surface area (Å²) in [5, 5.41) is 4.75. The predicted octanol–water partition coefficient (Wildman–Crippen LogP) is 4.28. The van der Waals surface area contributed by atoms with Crippen LogP contribution in [0.15, 0.2) is 41.2 Å². The molecule has 0 fully saturated rings. The van der Waals surface area contributed by atoms with E-state index in [2.05, 4.69) is 16.0 Å². The Labute approximate surface area is 149 Å². The first-order valence-corrected chi connectivity index (χ1v) is 9.48. The number of pyridine rings is 1. The van der Waals surface area contributed by atoms with Gasteiger partial charge in [0.25, 0.3) is 5.91 Å². The zero-order valence-corrected chi connectivity index (χ0v) is 15.5. The SMILES string of the molecule is Cc1ccnc(C[C@@H](C)N(C)C(=O)c2csc(-c3cccs3)n2)c1. The molecule has 4 nitrogen and oxygen atoms in total. The minimum Gasteiger partial charge on any atom is -0.337 e. The fourth-order valence-electron chi connectivity index (χ4n) is 2.42. The summed E-state index contributed by atoms with van der Waals surface area (Å²) >= 11 is 3.14. The molecular formula is C18H19N3OS2. The second-order valence-electron chi connectivity index (χ2n) is 5.81. The van der Waals surface area contributed by atoms with Gasteiger partial charge in [0.1, 0.15) is 10.7 Å². The predicted molar refractivity (Wildman–Crippen MR) is 99.7 cm³/mol. The maximum absolute atomic E-state index is 12.7. The molecule has 0 spiro atoms. The number of likely N-dealkylation sites (N-methyl/N-ethyl adjacent to an activating group) is 1. The molecule has 0 bridgehead atoms. The van der Waals surface area contributed by atoms with Crippen LogP contribution in [0.1, 0.15) is 28.7 Å². The van der Waals surface area contributed by atoms with Crippen LogP contribution in [0.5, 0.6) is 0 Å². The minimum absolute atomic E-state index is 0.0470. The molecule has 0 unspecified atom stereocenters. The van der Waals surface area contributed by atoms with Gasteiger partial charge in [-0.1, -0.05) is 6.07 Å². The van der Waals surface area contributed by atoms with Gasteiger partial charge in [-0.15, -0.1) is 22.7 Å². The van der Waals surface area contributed by atoms with Crippen molar-refractivity contribution in [1.82, 2.24) is 14.9 Å². The summed E-state index contributed by atoms with van der Waals surface area (Å²) in [6.07, 6.45) is 2.54. The Morgan fingerprint density at radius 2 is 2.17 bits per heavy atom. The molecule has 3 heterocycles. The van der Waals surface area contributed by atoms with E-state index in [4.69, 9.17) is 0 Å². The summed E-state index contributed by atoms with van der Waals surface area (Å²) in [7, 11) is 1.83. The largest absolute Gasteiger partial charge is 0.337 e. The third kappa shape index (κ3) is 3.71. The Bertz CT molecular complexity index is 826. The lowest BCUT2D eigenvalue weighted by atomic mass is 10.1. The van der Waals surface area contributed by atoms with Crippen molar-refractivity contribution in [2.75, 3.05) is 7.05 Å². The Hall–Kier alpha value is -2.05. The molecule has 1 atom stereocenters. The lowest BCUT2D eigenvalue weighted by molar-refractivity contribution is 0.0738. The van der Waals surface area contributed by atoms with Crippen molar-refractivity contribution in [3.63, 3.8) is 0 Å². The Kier molecular flexibility index (Phi) is 5.06. The lowest BCUT2D eigenvalue weighted by Gasteiger charge is -2.24. The molecule has 1 amide bonds. The highest BCUT2D eigenvalue weighted by Crippen LogP contribution is 2.28. The van der Waals surface area contributed by atoms with Crippen LogP contribution >= 0.6 is 22.7 Å². The number of thiophene rings is 1. The van der Waals surface area contributed by atoms with Crippen LogP contribution in [-0.4, -0.2) is 33.9 Å². The molecule has 0 aliphatic rings. The minimum atomic E-state index is -0.0470. The molecule has 0 saturated heterocycles. The molecule has 3 aromatic rings. The molecule has 3 rings (SSSR count). The fraction of sp³-hybridized carbons (Fsp3) is 0.278. The molecule has 6 heteroatoms. The van der Waals surface area contributed by atoms with Crippen molar-refractivity contribution < 1.29 is 4.79 Å². The highest BCUT2D eigenvalue weighted by Gasteiger charge is 2.21. The molecular weight excluding hydrogens is 338 g/mol. The third-order valence-corrected chi connectivity index (χ3v) is 5.79. The number of rotatable bonds is 5. The average molecular weight is 358 g/mol. The Balaban J connectivity index is 1.70. The number of nitrogens with zero attached hydrogens (tertiary/aromatic N) is 3. The standard InChI is InChI=1S/C18H19N3OS2/c1-12-6-7-19-14(9-12)10-13(2)21(3)18(22)15-11-24-17(20-15)16-5-4-8-23-16/h4-9,11,13H,10H2,1-3H3/t13-/m1/s1. The van der Waals surface area contributed by atoms with Gasteiger partial charge in [0.15, 0.2) is 0 Å². The summed E-state index contributed by atoms with van der Waals surface area (Å²) in [4.78, 5) is 24.4. The summed E-state index contributed by atoms with van der Waals surface area (Å²) in [5.41, 5.74) is 2.69. The molecule has 0 aromatic carbocycles. The van der Waals surface area contributed by atoms with E-state index in [1.54, 1.807) is 16.2 Å². The number of amides is 1. The van der Waals surface area contributed by atoms with E-state index in [1.807, 2.05) is 56.1 Å². The van der Waals surface area contributed by atoms with Crippen LogP contribution < -0.4 is 0 Å². The first-order valence-electron chi connectivity index (χ1n) is 7.72. The highest BCUT2D eigenvalue weighted by molar-refractivity contribution is 7.20. The normalized spacial score (nSPS) is 12.1. The van der Waals surface area contributed by atoms with Crippen molar-refractivity contribution in [1.29, 1.82) is 0 Å². The molecule has 0 aliphatic heterocycles. The molecule has 0 radical (unpaired) electrons. The number of aromatic nitrogens is 2. The monoisotopic (exact) mass is 357 g/mol. The molecule has 0 N–H and O–H groups in total. The van der Waals surface area contributed by atoms with Crippen molar-refractivity contribution in [2.24, 2.45) is 0 Å². The van der Waals surface area contributed by atoms with E-state index in [0.29, 0.717) is 5.69 Å². The van der Waals surface area contributed by atoms with Gasteiger partial charge in [-0.05, 0) is 43.0 Å². The van der Waals surface area contributed by atoms with E-state index in [1.165, 1.54) is 16.9 Å². The van der Waals surface area contributed by atoms with Crippen molar-refractivity contribution >= 4 is 28.6 Å². The van der Waals surface area contributed by atoms with Crippen molar-refractivity contribution in [3.8, 4) is 9.88 Å². The highest BCUT2D eigenvalue weighted by atomic mass is 32.1. The smallest absolute Gasteiger partial charge is 0.273 e. The van der Waals surface area contributed by atoms with E-state index in [-0.39, 0.29) is 11.9 Å². The second kappa shape index (κ2) is 7.23. The Morgan fingerprint density at radius 3 is 2.88 bits per heavy atom. The number of hydrogen-bond donors (Lipinski definition) is 0. The van der Waals surface area contributed by atoms with E-state index in [0.717, 1.165) is 22.0 Å². The lowest BCUT2D eigenvalue weighted by Crippen LogP contribution is -2.36. The van der Waals surface area contributed by atoms with Gasteiger partial charge in [-0.2, -0.15) is 0 Å². The van der Waals surface area contributed by atoms with Gasteiger partial charge in [-0.25, -0.2) is 4.98 Å². The number of hydrogen-bond acceptors (Lipinski definition) is 5. The third-order valence-electron chi connectivity index (χ3n) is 3.91. The van der Waals surface area contributed by atoms with Gasteiger partial charge in [0.05, 0.1) is 4.88 Å². The van der Waals surface area contributed by atoms with E-state index < -0.39 is 0 Å². The quantitative estimate of drug-likeness (QED) is 0.685. The Morgan fingerprint density at radius 1 is 1.33 bits per heavy atom. The van der Waals surface area contributed by atoms with Crippen molar-refractivity contribution in [2.45, 2.75) is 26.3 Å². The number of carbonyl (C=O) groups excluding carboxylic acids is 1. The van der Waals surface area contributed by atoms with E-state index in [9.17, 15) is 4.79 Å². The zero-order chi connectivity index (χ0) is 17.1. The zero-order valence-electron chi connectivity index (χ0n) is 13.9. The van der Waals surface area contributed by atoms with Crippen LogP contribution in [-0.2, 0) is 6.42 Å². The topological polar surface area (TPSA) is 46.1 Å². The summed E-state index contributed by atoms with van der Waals surface area (Å²) in [5.74, 6) is -0.0470. The van der Waals surface area contributed by atoms with E-state index >= 15 is 0 Å². The molecule has 24 heavy (non-hydrogen) atoms. The van der Waals surface area contributed by atoms with Crippen LogP contribution in [0.3, 0.4) is 0 Å². The first-order chi connectivity index (χ1) is 11.5. The van der Waals surface area contributed by atoms with Crippen molar-refractivity contribution in [3.05, 3.63) is 58.2 Å². The number of carbonyl (C=O) groups is 1. The molecule has 124 valence electrons. The number of aryl methyl sites for hydroxylation is 1. The van der Waals surface area contributed by atoms with Gasteiger partial charge in [-0.3, -0.25) is 9.78 Å². The summed E-state index contributed by atoms with van der Waals surface area (Å²) < 4.78 is 0. The second-order valence-corrected chi connectivity index (χ2v) is 7.61. The maximum atomic E-state index is 12.7. The summed E-state index contributed by atoms with van der Waals surface area (Å²) in [6.45, 7) is 4.08. The van der Waals surface area contributed by atoms with Gasteiger partial charge in [0.2, 0.25) is 0 Å². The first kappa shape index (κ1) is 16.8. The van der Waals surface area contributed by atoms with Gasteiger partial charge >= 0.3 is 0 Å². The van der Waals surface area contributed by atoms with Gasteiger partial charge < -0.3 is 4.90 Å². The maximum Gasteiger partial charge on any atom is 0.273 e. The van der Waals surface area contributed by atoms with Crippen LogP contribution in [0, 0.1) is 6.92 Å². The molecule has 0 saturated carbocycles. The fourth-order valence-corrected chi connectivity index (χ4v) is 4.02. The average Bonchev–Trinajstić information content (AvgIpc) is 3.24. The molecule has 0 aliphatic carbocycles. The summed E-state index contributed by atoms with van der Waals surface area (Å²) in [6, 6.07) is 8.11. The molecule has 3 aromatic heterocycles. The van der Waals surface area contributed by atoms with Gasteiger partial charge in [0, 0.05) is 36.8 Å².